The van der Waals surface area contributed by atoms with Gasteiger partial charge in [0.25, 0.3) is 0 Å². The Morgan fingerprint density at radius 3 is 2.69 bits per heavy atom. The number of rotatable bonds is 3. The maximum atomic E-state index is 12.9. The Balaban J connectivity index is 1.26. The number of nitrogens with one attached hydrogen (secondary N) is 2. The molecule has 0 unspecified atom stereocenters. The van der Waals surface area contributed by atoms with E-state index in [4.69, 9.17) is 11.6 Å². The molecule has 1 atom stereocenters. The molecule has 4 rings (SSSR count). The van der Waals surface area contributed by atoms with Gasteiger partial charge in [-0.05, 0) is 49.4 Å². The van der Waals surface area contributed by atoms with Crippen LogP contribution in [0.4, 0.5) is 0 Å². The monoisotopic (exact) mass is 377 g/mol. The molecule has 0 saturated carbocycles. The van der Waals surface area contributed by atoms with Gasteiger partial charge < -0.3 is 15.5 Å². The number of hydrogen-bond acceptors (Lipinski definition) is 5. The van der Waals surface area contributed by atoms with E-state index in [1.165, 1.54) is 18.4 Å². The van der Waals surface area contributed by atoms with E-state index < -0.39 is 0 Å². The lowest BCUT2D eigenvalue weighted by Crippen LogP contribution is -2.52. The average molecular weight is 378 g/mol. The lowest BCUT2D eigenvalue weighted by Gasteiger charge is -2.36. The quantitative estimate of drug-likeness (QED) is 0.773. The number of piperazine rings is 1. The Labute approximate surface area is 160 Å². The van der Waals surface area contributed by atoms with Gasteiger partial charge in [-0.3, -0.25) is 9.69 Å². The van der Waals surface area contributed by atoms with E-state index in [1.807, 2.05) is 23.2 Å². The highest BCUT2D eigenvalue weighted by Crippen LogP contribution is 2.37. The Morgan fingerprint density at radius 1 is 1.23 bits per heavy atom. The molecule has 3 aliphatic rings. The summed E-state index contributed by atoms with van der Waals surface area (Å²) < 4.78 is 0. The molecule has 6 nitrogen and oxygen atoms in total. The number of halogens is 1. The third-order valence-electron chi connectivity index (χ3n) is 6.20. The molecule has 3 saturated heterocycles. The zero-order valence-electron chi connectivity index (χ0n) is 15.2. The number of piperidine rings is 1. The second kappa shape index (κ2) is 7.80. The van der Waals surface area contributed by atoms with Crippen molar-refractivity contribution < 1.29 is 4.79 Å². The highest BCUT2D eigenvalue weighted by Gasteiger charge is 2.43. The van der Waals surface area contributed by atoms with Gasteiger partial charge in [0.05, 0.1) is 6.04 Å². The van der Waals surface area contributed by atoms with Crippen molar-refractivity contribution in [1.29, 1.82) is 0 Å². The van der Waals surface area contributed by atoms with Crippen molar-refractivity contribution in [3.05, 3.63) is 29.0 Å². The lowest BCUT2D eigenvalue weighted by atomic mass is 9.77. The summed E-state index contributed by atoms with van der Waals surface area (Å²) >= 11 is 5.85. The minimum Gasteiger partial charge on any atom is -0.339 e. The molecular weight excluding hydrogens is 350 g/mol. The van der Waals surface area contributed by atoms with Crippen molar-refractivity contribution in [3.63, 3.8) is 0 Å². The van der Waals surface area contributed by atoms with Crippen molar-refractivity contribution in [2.45, 2.75) is 31.8 Å². The third kappa shape index (κ3) is 4.03. The van der Waals surface area contributed by atoms with Gasteiger partial charge in [0.2, 0.25) is 5.91 Å². The molecule has 0 aliphatic carbocycles. The summed E-state index contributed by atoms with van der Waals surface area (Å²) in [6.07, 6.45) is 5.21. The number of aromatic nitrogens is 1. The van der Waals surface area contributed by atoms with E-state index in [-0.39, 0.29) is 6.04 Å². The van der Waals surface area contributed by atoms with E-state index in [2.05, 4.69) is 20.5 Å². The zero-order chi connectivity index (χ0) is 18.0. The summed E-state index contributed by atoms with van der Waals surface area (Å²) in [7, 11) is 0. The predicted molar refractivity (Wildman–Crippen MR) is 102 cm³/mol. The highest BCUT2D eigenvalue weighted by atomic mass is 35.5. The second-order valence-electron chi connectivity index (χ2n) is 7.98. The third-order valence-corrected chi connectivity index (χ3v) is 6.43. The number of pyridine rings is 1. The van der Waals surface area contributed by atoms with Crippen LogP contribution in [0.1, 0.15) is 24.8 Å². The Kier molecular flexibility index (Phi) is 5.45. The number of amides is 1. The number of carbonyl (C=O) groups excluding carboxylic acids is 1. The fourth-order valence-electron chi connectivity index (χ4n) is 4.53. The molecule has 0 radical (unpaired) electrons. The Bertz CT molecular complexity index is 623. The Morgan fingerprint density at radius 2 is 2.00 bits per heavy atom. The normalized spacial score (nSPS) is 26.3. The van der Waals surface area contributed by atoms with E-state index in [0.29, 0.717) is 16.5 Å². The smallest absolute Gasteiger partial charge is 0.239 e. The van der Waals surface area contributed by atoms with Gasteiger partial charge >= 0.3 is 0 Å². The SMILES string of the molecule is O=C([C@H]1CC2(CCNCC2)CN1)N1CCN(Cc2ccc(Cl)nc2)CC1. The first kappa shape index (κ1) is 18.2. The van der Waals surface area contributed by atoms with Gasteiger partial charge in [0, 0.05) is 45.5 Å². The summed E-state index contributed by atoms with van der Waals surface area (Å²) in [5, 5.41) is 7.48. The highest BCUT2D eigenvalue weighted by molar-refractivity contribution is 6.29. The first-order chi connectivity index (χ1) is 12.6. The van der Waals surface area contributed by atoms with Crippen LogP contribution in [-0.2, 0) is 11.3 Å². The van der Waals surface area contributed by atoms with Crippen LogP contribution >= 0.6 is 11.6 Å². The van der Waals surface area contributed by atoms with Crippen molar-refractivity contribution >= 4 is 17.5 Å². The van der Waals surface area contributed by atoms with Gasteiger partial charge in [-0.15, -0.1) is 0 Å². The number of hydrogen-bond donors (Lipinski definition) is 2. The molecule has 26 heavy (non-hydrogen) atoms. The molecule has 3 aliphatic heterocycles. The molecule has 1 aromatic rings. The van der Waals surface area contributed by atoms with Crippen LogP contribution in [0.2, 0.25) is 5.15 Å². The van der Waals surface area contributed by atoms with Crippen molar-refractivity contribution in [1.82, 2.24) is 25.4 Å². The van der Waals surface area contributed by atoms with Crippen molar-refractivity contribution in [2.24, 2.45) is 5.41 Å². The fourth-order valence-corrected chi connectivity index (χ4v) is 4.65. The number of carbonyl (C=O) groups is 1. The summed E-state index contributed by atoms with van der Waals surface area (Å²) in [6.45, 7) is 7.48. The van der Waals surface area contributed by atoms with Gasteiger partial charge in [0.1, 0.15) is 5.15 Å². The first-order valence-corrected chi connectivity index (χ1v) is 10.1. The molecule has 1 aromatic heterocycles. The molecule has 0 bridgehead atoms. The van der Waals surface area contributed by atoms with Gasteiger partial charge in [0.15, 0.2) is 0 Å². The molecule has 142 valence electrons. The predicted octanol–water partition coefficient (Wildman–Crippen LogP) is 1.11. The largest absolute Gasteiger partial charge is 0.339 e. The van der Waals surface area contributed by atoms with E-state index in [0.717, 1.165) is 58.8 Å². The van der Waals surface area contributed by atoms with Crippen LogP contribution in [0.5, 0.6) is 0 Å². The molecular formula is C19H28ClN5O. The summed E-state index contributed by atoms with van der Waals surface area (Å²) in [5.74, 6) is 0.299. The van der Waals surface area contributed by atoms with Crippen LogP contribution in [0, 0.1) is 5.41 Å². The van der Waals surface area contributed by atoms with E-state index in [1.54, 1.807) is 0 Å². The lowest BCUT2D eigenvalue weighted by molar-refractivity contribution is -0.135. The minimum absolute atomic E-state index is 0.0140. The van der Waals surface area contributed by atoms with Gasteiger partial charge in [-0.1, -0.05) is 17.7 Å². The van der Waals surface area contributed by atoms with Gasteiger partial charge in [-0.25, -0.2) is 4.98 Å². The molecule has 0 aromatic carbocycles. The number of nitrogens with zero attached hydrogens (tertiary/aromatic N) is 3. The molecule has 7 heteroatoms. The van der Waals surface area contributed by atoms with Gasteiger partial charge in [-0.2, -0.15) is 0 Å². The molecule has 4 heterocycles. The van der Waals surface area contributed by atoms with Crippen molar-refractivity contribution in [2.75, 3.05) is 45.8 Å². The molecule has 3 fully saturated rings. The molecule has 1 spiro atoms. The van der Waals surface area contributed by atoms with Crippen molar-refractivity contribution in [3.8, 4) is 0 Å². The molecule has 1 amide bonds. The summed E-state index contributed by atoms with van der Waals surface area (Å²) in [6, 6.07) is 3.87. The van der Waals surface area contributed by atoms with E-state index >= 15 is 0 Å². The summed E-state index contributed by atoms with van der Waals surface area (Å²) in [4.78, 5) is 21.5. The standard InChI is InChI=1S/C19H28ClN5O/c20-17-2-1-15(12-22-17)13-24-7-9-25(10-8-24)18(26)16-11-19(14-23-16)3-5-21-6-4-19/h1-2,12,16,21,23H,3-11,13-14H2/t16-/m1/s1. The van der Waals surface area contributed by atoms with Crippen LogP contribution < -0.4 is 10.6 Å². The second-order valence-corrected chi connectivity index (χ2v) is 8.37. The Hall–Kier alpha value is -1.21. The fraction of sp³-hybridized carbons (Fsp3) is 0.684. The zero-order valence-corrected chi connectivity index (χ0v) is 16.0. The maximum absolute atomic E-state index is 12.9. The van der Waals surface area contributed by atoms with E-state index in [9.17, 15) is 4.79 Å². The van der Waals surface area contributed by atoms with Crippen LogP contribution in [-0.4, -0.2) is 72.5 Å². The minimum atomic E-state index is 0.0140. The molecule has 2 N–H and O–H groups in total. The van der Waals surface area contributed by atoms with Crippen LogP contribution in [0.15, 0.2) is 18.3 Å². The maximum Gasteiger partial charge on any atom is 0.239 e. The topological polar surface area (TPSA) is 60.5 Å². The summed E-state index contributed by atoms with van der Waals surface area (Å²) in [5.41, 5.74) is 1.51. The average Bonchev–Trinajstić information content (AvgIpc) is 3.07. The van der Waals surface area contributed by atoms with Crippen LogP contribution in [0.25, 0.3) is 0 Å². The first-order valence-electron chi connectivity index (χ1n) is 9.69. The van der Waals surface area contributed by atoms with Crippen LogP contribution in [0.3, 0.4) is 0 Å².